The van der Waals surface area contributed by atoms with Gasteiger partial charge in [-0.15, -0.1) is 0 Å². The summed E-state index contributed by atoms with van der Waals surface area (Å²) < 4.78 is 10.8. The van der Waals surface area contributed by atoms with Crippen molar-refractivity contribution in [1.82, 2.24) is 0 Å². The number of esters is 1. The van der Waals surface area contributed by atoms with Crippen molar-refractivity contribution >= 4 is 38.9 Å². The minimum absolute atomic E-state index is 0.0791. The quantitative estimate of drug-likeness (QED) is 0.528. The highest BCUT2D eigenvalue weighted by atomic mass is 79.9. The van der Waals surface area contributed by atoms with E-state index in [-0.39, 0.29) is 17.8 Å². The fourth-order valence-corrected chi connectivity index (χ4v) is 1.98. The lowest BCUT2D eigenvalue weighted by Crippen LogP contribution is -2.07. The van der Waals surface area contributed by atoms with Gasteiger partial charge in [0.15, 0.2) is 5.43 Å². The minimum Gasteiger partial charge on any atom is -0.502 e. The number of fused-ring (bicyclic) bond motifs is 1. The lowest BCUT2D eigenvalue weighted by Gasteiger charge is -2.02. The van der Waals surface area contributed by atoms with E-state index in [1.807, 2.05) is 0 Å². The molecule has 1 heterocycles. The summed E-state index contributed by atoms with van der Waals surface area (Å²) in [5.74, 6) is -1.41. The molecule has 0 saturated heterocycles. The predicted molar refractivity (Wildman–Crippen MR) is 77.4 cm³/mol. The molecule has 1 aromatic carbocycles. The SMILES string of the molecule is CCOC(=O)C(O)=Cc1cc(=O)c2cc(Br)ccc2o1. The Morgan fingerprint density at radius 2 is 2.20 bits per heavy atom. The van der Waals surface area contributed by atoms with Crippen LogP contribution in [0.3, 0.4) is 0 Å². The number of rotatable bonds is 3. The van der Waals surface area contributed by atoms with E-state index in [9.17, 15) is 14.7 Å². The summed E-state index contributed by atoms with van der Waals surface area (Å²) in [4.78, 5) is 23.2. The third-order valence-electron chi connectivity index (χ3n) is 2.47. The van der Waals surface area contributed by atoms with E-state index in [0.717, 1.165) is 10.5 Å². The summed E-state index contributed by atoms with van der Waals surface area (Å²) in [5, 5.41) is 9.94. The fourth-order valence-electron chi connectivity index (χ4n) is 1.62. The van der Waals surface area contributed by atoms with Crippen LogP contribution in [0.15, 0.2) is 43.7 Å². The van der Waals surface area contributed by atoms with Crippen molar-refractivity contribution in [2.24, 2.45) is 0 Å². The molecule has 1 aromatic heterocycles. The van der Waals surface area contributed by atoms with Crippen molar-refractivity contribution in [2.45, 2.75) is 6.92 Å². The van der Waals surface area contributed by atoms with Gasteiger partial charge in [0.2, 0.25) is 5.76 Å². The molecule has 6 heteroatoms. The highest BCUT2D eigenvalue weighted by Crippen LogP contribution is 2.19. The monoisotopic (exact) mass is 338 g/mol. The Morgan fingerprint density at radius 1 is 1.45 bits per heavy atom. The van der Waals surface area contributed by atoms with Crippen LogP contribution in [-0.4, -0.2) is 17.7 Å². The van der Waals surface area contributed by atoms with E-state index in [0.29, 0.717) is 11.0 Å². The molecule has 0 bridgehead atoms. The number of aliphatic hydroxyl groups excluding tert-OH is 1. The molecule has 0 unspecified atom stereocenters. The Kier molecular flexibility index (Phi) is 4.24. The van der Waals surface area contributed by atoms with Gasteiger partial charge < -0.3 is 14.3 Å². The number of halogens is 1. The molecular formula is C14H11BrO5. The maximum Gasteiger partial charge on any atom is 0.373 e. The second kappa shape index (κ2) is 5.92. The van der Waals surface area contributed by atoms with Crippen LogP contribution in [0, 0.1) is 0 Å². The summed E-state index contributed by atoms with van der Waals surface area (Å²) in [7, 11) is 0. The van der Waals surface area contributed by atoms with Crippen LogP contribution in [0.25, 0.3) is 17.0 Å². The second-order valence-electron chi connectivity index (χ2n) is 3.90. The van der Waals surface area contributed by atoms with Gasteiger partial charge in [-0.2, -0.15) is 0 Å². The predicted octanol–water partition coefficient (Wildman–Crippen LogP) is 3.02. The molecule has 0 spiro atoms. The van der Waals surface area contributed by atoms with Crippen LogP contribution in [0.4, 0.5) is 0 Å². The maximum absolute atomic E-state index is 11.9. The van der Waals surface area contributed by atoms with E-state index in [1.165, 1.54) is 6.07 Å². The van der Waals surface area contributed by atoms with Crippen molar-refractivity contribution < 1.29 is 19.1 Å². The minimum atomic E-state index is -0.869. The van der Waals surface area contributed by atoms with Crippen LogP contribution in [0.2, 0.25) is 0 Å². The van der Waals surface area contributed by atoms with E-state index in [1.54, 1.807) is 25.1 Å². The van der Waals surface area contributed by atoms with E-state index >= 15 is 0 Å². The first kappa shape index (κ1) is 14.3. The first-order valence-electron chi connectivity index (χ1n) is 5.82. The summed E-state index contributed by atoms with van der Waals surface area (Å²) in [6.07, 6.45) is 1.06. The second-order valence-corrected chi connectivity index (χ2v) is 4.82. The third kappa shape index (κ3) is 3.08. The topological polar surface area (TPSA) is 76.7 Å². The molecule has 0 aliphatic carbocycles. The lowest BCUT2D eigenvalue weighted by molar-refractivity contribution is -0.141. The molecule has 0 aliphatic rings. The van der Waals surface area contributed by atoms with Crippen LogP contribution >= 0.6 is 15.9 Å². The van der Waals surface area contributed by atoms with Gasteiger partial charge in [-0.1, -0.05) is 15.9 Å². The van der Waals surface area contributed by atoms with Gasteiger partial charge >= 0.3 is 5.97 Å². The molecule has 1 N–H and O–H groups in total. The molecule has 0 fully saturated rings. The lowest BCUT2D eigenvalue weighted by atomic mass is 10.2. The molecule has 0 atom stereocenters. The third-order valence-corrected chi connectivity index (χ3v) is 2.97. The van der Waals surface area contributed by atoms with Crippen molar-refractivity contribution in [3.63, 3.8) is 0 Å². The number of aliphatic hydroxyl groups is 1. The van der Waals surface area contributed by atoms with E-state index in [2.05, 4.69) is 20.7 Å². The number of hydrogen-bond acceptors (Lipinski definition) is 5. The molecule has 5 nitrogen and oxygen atoms in total. The van der Waals surface area contributed by atoms with Crippen molar-refractivity contribution in [2.75, 3.05) is 6.61 Å². The number of hydrogen-bond donors (Lipinski definition) is 1. The van der Waals surface area contributed by atoms with Gasteiger partial charge in [0.25, 0.3) is 0 Å². The van der Waals surface area contributed by atoms with Crippen LogP contribution in [0.1, 0.15) is 12.7 Å². The van der Waals surface area contributed by atoms with Gasteiger partial charge in [-0.25, -0.2) is 4.79 Å². The summed E-state index contributed by atoms with van der Waals surface area (Å²) >= 11 is 3.27. The molecule has 0 aliphatic heterocycles. The summed E-state index contributed by atoms with van der Waals surface area (Å²) in [5.41, 5.74) is 0.0964. The van der Waals surface area contributed by atoms with Crippen molar-refractivity contribution in [3.8, 4) is 0 Å². The van der Waals surface area contributed by atoms with Crippen molar-refractivity contribution in [1.29, 1.82) is 0 Å². The zero-order valence-corrected chi connectivity index (χ0v) is 12.1. The van der Waals surface area contributed by atoms with Gasteiger partial charge in [0.05, 0.1) is 12.0 Å². The molecule has 20 heavy (non-hydrogen) atoms. The normalized spacial score (nSPS) is 11.6. The van der Waals surface area contributed by atoms with Crippen LogP contribution in [-0.2, 0) is 9.53 Å². The van der Waals surface area contributed by atoms with E-state index in [4.69, 9.17) is 4.42 Å². The zero-order valence-electron chi connectivity index (χ0n) is 10.6. The van der Waals surface area contributed by atoms with Crippen molar-refractivity contribution in [3.05, 3.63) is 50.5 Å². The smallest absolute Gasteiger partial charge is 0.373 e. The van der Waals surface area contributed by atoms with Gasteiger partial charge in [0, 0.05) is 16.6 Å². The average Bonchev–Trinajstić information content (AvgIpc) is 2.40. The summed E-state index contributed by atoms with van der Waals surface area (Å²) in [6, 6.07) is 6.19. The molecule has 0 radical (unpaired) electrons. The Morgan fingerprint density at radius 3 is 2.90 bits per heavy atom. The number of carbonyl (C=O) groups excluding carboxylic acids is 1. The molecule has 0 saturated carbocycles. The fraction of sp³-hybridized carbons (Fsp3) is 0.143. The Balaban J connectivity index is 2.47. The standard InChI is InChI=1S/C14H11BrO5/c1-2-19-14(18)12(17)7-9-6-11(16)10-5-8(15)3-4-13(10)20-9/h3-7,17H,2H2,1H3. The highest BCUT2D eigenvalue weighted by Gasteiger charge is 2.10. The molecule has 2 aromatic rings. The number of ether oxygens (including phenoxy) is 1. The molecule has 104 valence electrons. The van der Waals surface area contributed by atoms with Gasteiger partial charge in [-0.3, -0.25) is 4.79 Å². The number of carbonyl (C=O) groups is 1. The number of benzene rings is 1. The van der Waals surface area contributed by atoms with Gasteiger partial charge in [0.1, 0.15) is 11.3 Å². The average molecular weight is 339 g/mol. The Labute approximate surface area is 122 Å². The highest BCUT2D eigenvalue weighted by molar-refractivity contribution is 9.10. The Bertz CT molecular complexity index is 745. The first-order valence-corrected chi connectivity index (χ1v) is 6.61. The van der Waals surface area contributed by atoms with Gasteiger partial charge in [-0.05, 0) is 25.1 Å². The zero-order chi connectivity index (χ0) is 14.7. The largest absolute Gasteiger partial charge is 0.502 e. The molecule has 2 rings (SSSR count). The maximum atomic E-state index is 11.9. The van der Waals surface area contributed by atoms with Crippen LogP contribution < -0.4 is 5.43 Å². The summed E-state index contributed by atoms with van der Waals surface area (Å²) in [6.45, 7) is 1.77. The molecule has 0 amide bonds. The Hall–Kier alpha value is -2.08. The molecular weight excluding hydrogens is 328 g/mol. The van der Waals surface area contributed by atoms with Crippen LogP contribution in [0.5, 0.6) is 0 Å². The first-order chi connectivity index (χ1) is 9.51. The van der Waals surface area contributed by atoms with E-state index < -0.39 is 11.7 Å².